The van der Waals surface area contributed by atoms with Gasteiger partial charge in [-0.2, -0.15) is 0 Å². The molecule has 3 heteroatoms. The molecule has 0 amide bonds. The van der Waals surface area contributed by atoms with Crippen molar-refractivity contribution in [2.45, 2.75) is 39.7 Å². The normalized spacial score (nSPS) is 15.3. The molecule has 15 heavy (non-hydrogen) atoms. The van der Waals surface area contributed by atoms with Gasteiger partial charge in [0.2, 0.25) is 0 Å². The van der Waals surface area contributed by atoms with Crippen LogP contribution in [0.25, 0.3) is 0 Å². The molecule has 1 N–H and O–H groups in total. The van der Waals surface area contributed by atoms with E-state index >= 15 is 0 Å². The molecule has 0 radical (unpaired) electrons. The maximum absolute atomic E-state index is 3.58. The monoisotopic (exact) mass is 289 g/mol. The lowest BCUT2D eigenvalue weighted by Crippen LogP contribution is -2.17. The van der Waals surface area contributed by atoms with Gasteiger partial charge >= 0.3 is 0 Å². The van der Waals surface area contributed by atoms with E-state index in [1.165, 1.54) is 27.1 Å². The van der Waals surface area contributed by atoms with E-state index in [4.69, 9.17) is 0 Å². The number of thiophene rings is 1. The Morgan fingerprint density at radius 3 is 2.60 bits per heavy atom. The second-order valence-electron chi connectivity index (χ2n) is 4.14. The van der Waals surface area contributed by atoms with E-state index in [1.54, 1.807) is 0 Å². The Hall–Kier alpha value is 0.140. The van der Waals surface area contributed by atoms with Crippen LogP contribution in [0.15, 0.2) is 10.5 Å². The number of aryl methyl sites for hydroxylation is 1. The molecule has 0 saturated heterocycles. The molecule has 0 spiro atoms. The van der Waals surface area contributed by atoms with Crippen molar-refractivity contribution in [3.63, 3.8) is 0 Å². The van der Waals surface area contributed by atoms with Gasteiger partial charge in [0, 0.05) is 20.3 Å². The fourth-order valence-electron chi connectivity index (χ4n) is 1.60. The van der Waals surface area contributed by atoms with Crippen molar-refractivity contribution in [2.75, 3.05) is 7.05 Å². The molecule has 1 rings (SSSR count). The molecule has 1 aromatic heterocycles. The summed E-state index contributed by atoms with van der Waals surface area (Å²) >= 11 is 5.47. The van der Waals surface area contributed by atoms with Gasteiger partial charge in [0.25, 0.3) is 0 Å². The summed E-state index contributed by atoms with van der Waals surface area (Å²) < 4.78 is 1.24. The van der Waals surface area contributed by atoms with Gasteiger partial charge in [-0.05, 0) is 48.3 Å². The highest BCUT2D eigenvalue weighted by Gasteiger charge is 2.15. The summed E-state index contributed by atoms with van der Waals surface area (Å²) in [5.41, 5.74) is 0. The van der Waals surface area contributed by atoms with Crippen molar-refractivity contribution in [3.8, 4) is 0 Å². The summed E-state index contributed by atoms with van der Waals surface area (Å²) in [7, 11) is 2.05. The van der Waals surface area contributed by atoms with E-state index in [1.807, 2.05) is 11.3 Å². The molecule has 86 valence electrons. The Kier molecular flexibility index (Phi) is 5.30. The molecule has 2 unspecified atom stereocenters. The van der Waals surface area contributed by atoms with Gasteiger partial charge in [-0.25, -0.2) is 0 Å². The maximum atomic E-state index is 3.58. The number of halogens is 1. The van der Waals surface area contributed by atoms with Gasteiger partial charge in [-0.1, -0.05) is 20.3 Å². The molecule has 0 aliphatic carbocycles. The third kappa shape index (κ3) is 3.58. The second kappa shape index (κ2) is 6.02. The summed E-state index contributed by atoms with van der Waals surface area (Å²) in [5.74, 6) is 0.781. The zero-order chi connectivity index (χ0) is 11.4. The maximum Gasteiger partial charge on any atom is 0.0415 e. The Morgan fingerprint density at radius 2 is 2.20 bits per heavy atom. The fraction of sp³-hybridized carbons (Fsp3) is 0.667. The lowest BCUT2D eigenvalue weighted by atomic mass is 9.98. The highest BCUT2D eigenvalue weighted by Crippen LogP contribution is 2.33. The van der Waals surface area contributed by atoms with Crippen LogP contribution in [0.2, 0.25) is 0 Å². The molecule has 0 aromatic carbocycles. The Labute approximate surface area is 105 Å². The number of hydrogen-bond acceptors (Lipinski definition) is 2. The molecule has 0 aliphatic rings. The largest absolute Gasteiger partial charge is 0.312 e. The Morgan fingerprint density at radius 1 is 1.53 bits per heavy atom. The van der Waals surface area contributed by atoms with E-state index < -0.39 is 0 Å². The minimum atomic E-state index is 0.509. The van der Waals surface area contributed by atoms with Crippen molar-refractivity contribution in [2.24, 2.45) is 5.92 Å². The van der Waals surface area contributed by atoms with Gasteiger partial charge < -0.3 is 5.32 Å². The summed E-state index contributed by atoms with van der Waals surface area (Å²) in [6, 6.07) is 2.76. The molecule has 1 heterocycles. The Balaban J connectivity index is 2.74. The van der Waals surface area contributed by atoms with Gasteiger partial charge in [0.05, 0.1) is 0 Å². The highest BCUT2D eigenvalue weighted by molar-refractivity contribution is 9.10. The van der Waals surface area contributed by atoms with Crippen molar-refractivity contribution >= 4 is 27.3 Å². The summed E-state index contributed by atoms with van der Waals surface area (Å²) in [4.78, 5) is 2.82. The molecule has 0 aliphatic heterocycles. The Bertz CT molecular complexity index is 289. The first-order valence-corrected chi connectivity index (χ1v) is 7.12. The minimum Gasteiger partial charge on any atom is -0.312 e. The van der Waals surface area contributed by atoms with Crippen LogP contribution in [0.1, 0.15) is 42.5 Å². The van der Waals surface area contributed by atoms with Crippen LogP contribution in [-0.2, 0) is 0 Å². The predicted molar refractivity (Wildman–Crippen MR) is 72.6 cm³/mol. The predicted octanol–water partition coefficient (Wildman–Crippen LogP) is 4.52. The van der Waals surface area contributed by atoms with Crippen LogP contribution in [-0.4, -0.2) is 7.05 Å². The quantitative estimate of drug-likeness (QED) is 0.841. The molecule has 1 aromatic rings. The topological polar surface area (TPSA) is 12.0 Å². The lowest BCUT2D eigenvalue weighted by Gasteiger charge is -2.18. The van der Waals surface area contributed by atoms with E-state index in [2.05, 4.69) is 55.1 Å². The van der Waals surface area contributed by atoms with Crippen LogP contribution in [0, 0.1) is 12.8 Å². The average molecular weight is 290 g/mol. The van der Waals surface area contributed by atoms with Gasteiger partial charge in [-0.3, -0.25) is 0 Å². The van der Waals surface area contributed by atoms with E-state index in [0.717, 1.165) is 5.92 Å². The smallest absolute Gasteiger partial charge is 0.0415 e. The zero-order valence-corrected chi connectivity index (χ0v) is 12.3. The van der Waals surface area contributed by atoms with Crippen molar-refractivity contribution < 1.29 is 0 Å². The molecule has 1 nitrogen and oxygen atoms in total. The third-order valence-corrected chi connectivity index (χ3v) is 5.15. The SMILES string of the molecule is CCC(C)CC(NC)c1cc(Br)c(C)s1. The van der Waals surface area contributed by atoms with Crippen molar-refractivity contribution in [1.29, 1.82) is 0 Å². The molecule has 2 atom stereocenters. The summed E-state index contributed by atoms with van der Waals surface area (Å²) in [5, 5.41) is 3.41. The molecule has 0 bridgehead atoms. The first-order valence-electron chi connectivity index (χ1n) is 5.51. The van der Waals surface area contributed by atoms with Crippen molar-refractivity contribution in [3.05, 3.63) is 20.3 Å². The molecular formula is C12H20BrNS. The number of hydrogen-bond donors (Lipinski definition) is 1. The third-order valence-electron chi connectivity index (χ3n) is 2.90. The van der Waals surface area contributed by atoms with Crippen LogP contribution < -0.4 is 5.32 Å². The van der Waals surface area contributed by atoms with Crippen LogP contribution in [0.5, 0.6) is 0 Å². The molecular weight excluding hydrogens is 270 g/mol. The molecule has 0 fully saturated rings. The number of rotatable bonds is 5. The highest BCUT2D eigenvalue weighted by atomic mass is 79.9. The summed E-state index contributed by atoms with van der Waals surface area (Å²) in [6.07, 6.45) is 2.48. The van der Waals surface area contributed by atoms with Crippen LogP contribution in [0.3, 0.4) is 0 Å². The minimum absolute atomic E-state index is 0.509. The van der Waals surface area contributed by atoms with Crippen LogP contribution >= 0.6 is 27.3 Å². The van der Waals surface area contributed by atoms with Gasteiger partial charge in [0.1, 0.15) is 0 Å². The number of nitrogens with one attached hydrogen (secondary N) is 1. The van der Waals surface area contributed by atoms with E-state index in [-0.39, 0.29) is 0 Å². The zero-order valence-electron chi connectivity index (χ0n) is 9.93. The van der Waals surface area contributed by atoms with Crippen LogP contribution in [0.4, 0.5) is 0 Å². The fourth-order valence-corrected chi connectivity index (χ4v) is 3.28. The van der Waals surface area contributed by atoms with E-state index in [0.29, 0.717) is 6.04 Å². The standard InChI is InChI=1S/C12H20BrNS/c1-5-8(2)6-11(14-4)12-7-10(13)9(3)15-12/h7-8,11,14H,5-6H2,1-4H3. The average Bonchev–Trinajstić information content (AvgIpc) is 2.55. The summed E-state index contributed by atoms with van der Waals surface area (Å²) in [6.45, 7) is 6.74. The second-order valence-corrected chi connectivity index (χ2v) is 6.29. The first kappa shape index (κ1) is 13.2. The lowest BCUT2D eigenvalue weighted by molar-refractivity contribution is 0.426. The van der Waals surface area contributed by atoms with Crippen molar-refractivity contribution in [1.82, 2.24) is 5.32 Å². The first-order chi connectivity index (χ1) is 7.08. The molecule has 0 saturated carbocycles. The van der Waals surface area contributed by atoms with Gasteiger partial charge in [-0.15, -0.1) is 11.3 Å². The van der Waals surface area contributed by atoms with Gasteiger partial charge in [0.15, 0.2) is 0 Å². The van der Waals surface area contributed by atoms with E-state index in [9.17, 15) is 0 Å².